The lowest BCUT2D eigenvalue weighted by Gasteiger charge is -2.11. The van der Waals surface area contributed by atoms with Crippen LogP contribution in [0.5, 0.6) is 5.75 Å². The van der Waals surface area contributed by atoms with Gasteiger partial charge in [-0.15, -0.1) is 11.3 Å². The number of aromatic nitrogens is 1. The van der Waals surface area contributed by atoms with Crippen LogP contribution >= 0.6 is 43.2 Å². The zero-order chi connectivity index (χ0) is 28.8. The third-order valence-corrected chi connectivity index (χ3v) is 8.09. The van der Waals surface area contributed by atoms with E-state index in [1.807, 2.05) is 41.8 Å². The molecule has 206 valence electrons. The van der Waals surface area contributed by atoms with Crippen LogP contribution in [-0.4, -0.2) is 17.1 Å². The van der Waals surface area contributed by atoms with E-state index < -0.39 is 0 Å². The molecule has 9 heteroatoms. The Morgan fingerprint density at radius 3 is 2.22 bits per heavy atom. The Bertz CT molecular complexity index is 1660. The highest BCUT2D eigenvalue weighted by molar-refractivity contribution is 9.11. The van der Waals surface area contributed by atoms with Crippen molar-refractivity contribution >= 4 is 66.1 Å². The Hall–Kier alpha value is -3.79. The molecule has 4 aromatic carbocycles. The highest BCUT2D eigenvalue weighted by Crippen LogP contribution is 2.35. The van der Waals surface area contributed by atoms with Crippen molar-refractivity contribution in [2.45, 2.75) is 20.5 Å². The van der Waals surface area contributed by atoms with E-state index in [9.17, 15) is 4.79 Å². The van der Waals surface area contributed by atoms with Crippen LogP contribution in [0.3, 0.4) is 0 Å². The number of thiazole rings is 1. The van der Waals surface area contributed by atoms with E-state index in [-0.39, 0.29) is 5.91 Å². The first-order chi connectivity index (χ1) is 19.8. The van der Waals surface area contributed by atoms with E-state index in [0.29, 0.717) is 17.9 Å². The fourth-order valence-electron chi connectivity index (χ4n) is 3.88. The molecule has 0 bridgehead atoms. The molecule has 41 heavy (non-hydrogen) atoms. The van der Waals surface area contributed by atoms with Crippen molar-refractivity contribution < 1.29 is 9.53 Å². The lowest BCUT2D eigenvalue weighted by Crippen LogP contribution is -2.17. The highest BCUT2D eigenvalue weighted by Gasteiger charge is 2.11. The van der Waals surface area contributed by atoms with Gasteiger partial charge in [-0.05, 0) is 93.2 Å². The van der Waals surface area contributed by atoms with E-state index in [2.05, 4.69) is 103 Å². The molecule has 0 aliphatic rings. The summed E-state index contributed by atoms with van der Waals surface area (Å²) in [6.45, 7) is 4.57. The smallest absolute Gasteiger partial charge is 0.271 e. The van der Waals surface area contributed by atoms with Gasteiger partial charge >= 0.3 is 0 Å². The fraction of sp³-hybridized carbons (Fsp3) is 0.0938. The Morgan fingerprint density at radius 1 is 0.927 bits per heavy atom. The van der Waals surface area contributed by atoms with E-state index >= 15 is 0 Å². The van der Waals surface area contributed by atoms with E-state index in [4.69, 9.17) is 4.74 Å². The second-order valence-electron chi connectivity index (χ2n) is 9.39. The summed E-state index contributed by atoms with van der Waals surface area (Å²) < 4.78 is 7.57. The highest BCUT2D eigenvalue weighted by atomic mass is 79.9. The molecular weight excluding hydrogens is 664 g/mol. The number of carbonyl (C=O) groups is 1. The molecular formula is C32H26Br2N4O2S. The summed E-state index contributed by atoms with van der Waals surface area (Å²) in [6.07, 6.45) is 1.59. The average molecular weight is 690 g/mol. The molecule has 0 unspecified atom stereocenters. The molecule has 0 radical (unpaired) electrons. The molecule has 2 N–H and O–H groups in total. The topological polar surface area (TPSA) is 75.6 Å². The normalized spacial score (nSPS) is 11.0. The van der Waals surface area contributed by atoms with Crippen LogP contribution in [0.15, 0.2) is 104 Å². The minimum Gasteiger partial charge on any atom is -0.487 e. The number of nitrogens with one attached hydrogen (secondary N) is 2. The van der Waals surface area contributed by atoms with Crippen molar-refractivity contribution in [1.29, 1.82) is 0 Å². The van der Waals surface area contributed by atoms with Crippen LogP contribution in [0, 0.1) is 13.8 Å². The number of nitrogens with zero attached hydrogens (tertiary/aromatic N) is 2. The molecule has 0 aliphatic heterocycles. The number of hydrogen-bond donors (Lipinski definition) is 2. The predicted molar refractivity (Wildman–Crippen MR) is 174 cm³/mol. The van der Waals surface area contributed by atoms with Gasteiger partial charge in [0.15, 0.2) is 5.13 Å². The van der Waals surface area contributed by atoms with E-state index in [1.165, 1.54) is 22.5 Å². The molecule has 6 nitrogen and oxygen atoms in total. The quantitative estimate of drug-likeness (QED) is 0.120. The number of anilines is 2. The van der Waals surface area contributed by atoms with Crippen LogP contribution in [0.2, 0.25) is 0 Å². The molecule has 0 saturated carbocycles. The summed E-state index contributed by atoms with van der Waals surface area (Å²) in [5, 5.41) is 10.3. The first-order valence-electron chi connectivity index (χ1n) is 12.7. The third kappa shape index (κ3) is 7.70. The van der Waals surface area contributed by atoms with Gasteiger partial charge in [0, 0.05) is 22.2 Å². The van der Waals surface area contributed by atoms with Gasteiger partial charge in [0.25, 0.3) is 5.91 Å². The van der Waals surface area contributed by atoms with Gasteiger partial charge in [0.1, 0.15) is 12.4 Å². The molecule has 0 saturated heterocycles. The summed E-state index contributed by atoms with van der Waals surface area (Å²) in [5.74, 6) is 0.397. The van der Waals surface area contributed by atoms with Crippen LogP contribution in [0.4, 0.5) is 10.8 Å². The number of hydrazone groups is 1. The molecule has 1 aromatic heterocycles. The standard InChI is InChI=1S/C32H26Br2N4O2S/c1-20-3-7-22(8-4-20)18-40-30-27(33)15-23(16-28(30)34)17-35-38-31(39)25-11-9-24(10-12-25)29-19-41-32(37-29)36-26-13-5-21(2)6-14-26/h3-17,19H,18H2,1-2H3,(H,36,37)(H,38,39)/b35-17-. The first-order valence-corrected chi connectivity index (χ1v) is 15.2. The molecule has 0 fully saturated rings. The third-order valence-electron chi connectivity index (χ3n) is 6.15. The van der Waals surface area contributed by atoms with Gasteiger partial charge in [0.2, 0.25) is 0 Å². The minimum atomic E-state index is -0.302. The van der Waals surface area contributed by atoms with Crippen molar-refractivity contribution in [3.8, 4) is 17.0 Å². The maximum absolute atomic E-state index is 12.7. The summed E-state index contributed by atoms with van der Waals surface area (Å²) in [7, 11) is 0. The number of benzene rings is 4. The Kier molecular flexibility index (Phi) is 9.28. The Balaban J connectivity index is 1.16. The van der Waals surface area contributed by atoms with Crippen LogP contribution < -0.4 is 15.5 Å². The zero-order valence-corrected chi connectivity index (χ0v) is 26.3. The number of ether oxygens (including phenoxy) is 1. The second kappa shape index (κ2) is 13.2. The number of halogens is 2. The number of rotatable bonds is 9. The molecule has 5 aromatic rings. The Labute approximate surface area is 259 Å². The van der Waals surface area contributed by atoms with Crippen LogP contribution in [-0.2, 0) is 6.61 Å². The predicted octanol–water partition coefficient (Wildman–Crippen LogP) is 9.04. The minimum absolute atomic E-state index is 0.302. The van der Waals surface area contributed by atoms with Crippen molar-refractivity contribution in [3.05, 3.63) is 127 Å². The van der Waals surface area contributed by atoms with Gasteiger partial charge in [-0.2, -0.15) is 5.10 Å². The van der Waals surface area contributed by atoms with E-state index in [1.54, 1.807) is 18.3 Å². The number of aryl methyl sites for hydroxylation is 2. The van der Waals surface area contributed by atoms with Gasteiger partial charge in [-0.3, -0.25) is 4.79 Å². The van der Waals surface area contributed by atoms with Crippen LogP contribution in [0.1, 0.15) is 32.6 Å². The summed E-state index contributed by atoms with van der Waals surface area (Å²) in [4.78, 5) is 17.3. The molecule has 1 amide bonds. The molecule has 0 atom stereocenters. The lowest BCUT2D eigenvalue weighted by molar-refractivity contribution is 0.0955. The second-order valence-corrected chi connectivity index (χ2v) is 12.0. The van der Waals surface area contributed by atoms with Gasteiger partial charge in [-0.25, -0.2) is 10.4 Å². The molecule has 5 rings (SSSR count). The van der Waals surface area contributed by atoms with Crippen molar-refractivity contribution in [2.75, 3.05) is 5.32 Å². The summed E-state index contributed by atoms with van der Waals surface area (Å²) in [6, 6.07) is 27.5. The van der Waals surface area contributed by atoms with E-state index in [0.717, 1.165) is 42.1 Å². The molecule has 0 spiro atoms. The average Bonchev–Trinajstić information content (AvgIpc) is 3.43. The van der Waals surface area contributed by atoms with Gasteiger partial charge in [-0.1, -0.05) is 59.7 Å². The first kappa shape index (κ1) is 28.7. The summed E-state index contributed by atoms with van der Waals surface area (Å²) >= 11 is 8.68. The van der Waals surface area contributed by atoms with Crippen LogP contribution in [0.25, 0.3) is 11.3 Å². The monoisotopic (exact) mass is 688 g/mol. The zero-order valence-electron chi connectivity index (χ0n) is 22.3. The van der Waals surface area contributed by atoms with Gasteiger partial charge in [0.05, 0.1) is 20.9 Å². The number of hydrogen-bond acceptors (Lipinski definition) is 6. The SMILES string of the molecule is Cc1ccc(COc2c(Br)cc(/C=N\NC(=O)c3ccc(-c4csc(Nc5ccc(C)cc5)n4)cc3)cc2Br)cc1. The molecule has 1 heterocycles. The van der Waals surface area contributed by atoms with Crippen molar-refractivity contribution in [3.63, 3.8) is 0 Å². The lowest BCUT2D eigenvalue weighted by atomic mass is 10.1. The fourth-order valence-corrected chi connectivity index (χ4v) is 6.07. The number of amides is 1. The maximum atomic E-state index is 12.7. The molecule has 0 aliphatic carbocycles. The van der Waals surface area contributed by atoms with Crippen molar-refractivity contribution in [1.82, 2.24) is 10.4 Å². The van der Waals surface area contributed by atoms with Gasteiger partial charge < -0.3 is 10.1 Å². The maximum Gasteiger partial charge on any atom is 0.271 e. The Morgan fingerprint density at radius 2 is 1.56 bits per heavy atom. The van der Waals surface area contributed by atoms with Crippen molar-refractivity contribution in [2.24, 2.45) is 5.10 Å². The largest absolute Gasteiger partial charge is 0.487 e. The summed E-state index contributed by atoms with van der Waals surface area (Å²) in [5.41, 5.74) is 10.2. The number of carbonyl (C=O) groups excluding carboxylic acids is 1.